The highest BCUT2D eigenvalue weighted by atomic mass is 35.5. The molecular weight excluding hydrogens is 442 g/mol. The van der Waals surface area contributed by atoms with E-state index in [0.29, 0.717) is 30.5 Å². The van der Waals surface area contributed by atoms with Crippen LogP contribution in [0.4, 0.5) is 10.1 Å². The Kier molecular flexibility index (Phi) is 6.72. The lowest BCUT2D eigenvalue weighted by Crippen LogP contribution is -2.31. The third kappa shape index (κ3) is 5.11. The molecule has 0 atom stereocenters. The van der Waals surface area contributed by atoms with Crippen LogP contribution in [0.2, 0.25) is 10.0 Å². The van der Waals surface area contributed by atoms with Crippen LogP contribution in [-0.2, 0) is 9.59 Å². The topological polar surface area (TPSA) is 49.4 Å². The molecule has 2 amide bonds. The number of anilines is 1. The molecule has 2 aromatic rings. The molecule has 1 fully saturated rings. The summed E-state index contributed by atoms with van der Waals surface area (Å²) in [6.07, 6.45) is 1.67. The molecule has 0 saturated carbocycles. The first-order valence-electron chi connectivity index (χ1n) is 8.09. The molecule has 9 heteroatoms. The first-order chi connectivity index (χ1) is 13.3. The van der Waals surface area contributed by atoms with Gasteiger partial charge in [0.05, 0.1) is 4.91 Å². The van der Waals surface area contributed by atoms with Crippen molar-refractivity contribution in [2.24, 2.45) is 0 Å². The van der Waals surface area contributed by atoms with Crippen LogP contribution in [0.5, 0.6) is 0 Å². The SMILES string of the molecule is O=C(CCN1C(=O)/C(=C/c2ccc(Cl)cc2Cl)SC1=S)Nc1cccc(F)c1. The average Bonchev–Trinajstić information content (AvgIpc) is 2.89. The maximum atomic E-state index is 13.2. The summed E-state index contributed by atoms with van der Waals surface area (Å²) in [6.45, 7) is 0.123. The van der Waals surface area contributed by atoms with Crippen molar-refractivity contribution in [2.75, 3.05) is 11.9 Å². The molecule has 0 unspecified atom stereocenters. The van der Waals surface area contributed by atoms with Crippen LogP contribution in [0.1, 0.15) is 12.0 Å². The predicted molar refractivity (Wildman–Crippen MR) is 116 cm³/mol. The molecule has 0 radical (unpaired) electrons. The minimum Gasteiger partial charge on any atom is -0.326 e. The molecule has 3 rings (SSSR count). The summed E-state index contributed by atoms with van der Waals surface area (Å²) < 4.78 is 13.5. The van der Waals surface area contributed by atoms with Crippen molar-refractivity contribution < 1.29 is 14.0 Å². The highest BCUT2D eigenvalue weighted by molar-refractivity contribution is 8.26. The molecule has 144 valence electrons. The number of carbonyl (C=O) groups is 2. The Labute approximate surface area is 180 Å². The number of thioether (sulfide) groups is 1. The fourth-order valence-corrected chi connectivity index (χ4v) is 4.22. The third-order valence-electron chi connectivity index (χ3n) is 3.79. The van der Waals surface area contributed by atoms with Gasteiger partial charge in [-0.15, -0.1) is 0 Å². The number of hydrogen-bond donors (Lipinski definition) is 1. The number of rotatable bonds is 5. The summed E-state index contributed by atoms with van der Waals surface area (Å²) in [6, 6.07) is 10.6. The molecule has 0 bridgehead atoms. The summed E-state index contributed by atoms with van der Waals surface area (Å²) in [4.78, 5) is 26.5. The van der Waals surface area contributed by atoms with Crippen molar-refractivity contribution in [3.8, 4) is 0 Å². The minimum atomic E-state index is -0.444. The highest BCUT2D eigenvalue weighted by Gasteiger charge is 2.32. The molecule has 1 aliphatic heterocycles. The van der Waals surface area contributed by atoms with E-state index in [1.165, 1.54) is 23.1 Å². The van der Waals surface area contributed by atoms with Crippen LogP contribution in [-0.4, -0.2) is 27.6 Å². The highest BCUT2D eigenvalue weighted by Crippen LogP contribution is 2.34. The molecular formula is C19H13Cl2FN2O2S2. The quantitative estimate of drug-likeness (QED) is 0.487. The summed E-state index contributed by atoms with van der Waals surface area (Å²) in [5, 5.41) is 3.51. The van der Waals surface area contributed by atoms with E-state index in [0.717, 1.165) is 11.8 Å². The Morgan fingerprint density at radius 3 is 2.75 bits per heavy atom. The molecule has 1 aliphatic rings. The van der Waals surface area contributed by atoms with Gasteiger partial charge in [0.25, 0.3) is 5.91 Å². The molecule has 1 saturated heterocycles. The molecule has 0 aromatic heterocycles. The monoisotopic (exact) mass is 454 g/mol. The zero-order valence-electron chi connectivity index (χ0n) is 14.2. The standard InChI is InChI=1S/C19H13Cl2FN2O2S2/c20-12-5-4-11(15(21)9-12)8-16-18(26)24(19(27)28-16)7-6-17(25)23-14-3-1-2-13(22)10-14/h1-5,8-10H,6-7H2,(H,23,25)/b16-8-. The molecule has 4 nitrogen and oxygen atoms in total. The Balaban J connectivity index is 1.63. The second kappa shape index (κ2) is 9.05. The van der Waals surface area contributed by atoms with E-state index in [2.05, 4.69) is 5.32 Å². The van der Waals surface area contributed by atoms with Gasteiger partial charge in [-0.05, 0) is 42.0 Å². The normalized spacial score (nSPS) is 15.4. The van der Waals surface area contributed by atoms with Gasteiger partial charge in [0.2, 0.25) is 5.91 Å². The largest absolute Gasteiger partial charge is 0.326 e. The van der Waals surface area contributed by atoms with E-state index >= 15 is 0 Å². The number of nitrogens with one attached hydrogen (secondary N) is 1. The maximum Gasteiger partial charge on any atom is 0.266 e. The number of amides is 2. The van der Waals surface area contributed by atoms with Crippen molar-refractivity contribution in [1.29, 1.82) is 0 Å². The molecule has 0 aliphatic carbocycles. The number of halogens is 3. The lowest BCUT2D eigenvalue weighted by Gasteiger charge is -2.14. The number of hydrogen-bond acceptors (Lipinski definition) is 4. The van der Waals surface area contributed by atoms with Crippen molar-refractivity contribution >= 4 is 75.1 Å². The first kappa shape index (κ1) is 20.8. The fourth-order valence-electron chi connectivity index (χ4n) is 2.46. The van der Waals surface area contributed by atoms with Crippen LogP contribution >= 0.6 is 47.2 Å². The molecule has 0 spiro atoms. The molecule has 1 N–H and O–H groups in total. The molecule has 2 aromatic carbocycles. The van der Waals surface area contributed by atoms with Gasteiger partial charge < -0.3 is 5.32 Å². The van der Waals surface area contributed by atoms with Crippen LogP contribution in [0.15, 0.2) is 47.4 Å². The predicted octanol–water partition coefficient (Wildman–Crippen LogP) is 5.36. The van der Waals surface area contributed by atoms with Crippen molar-refractivity contribution in [3.05, 3.63) is 68.8 Å². The van der Waals surface area contributed by atoms with E-state index in [9.17, 15) is 14.0 Å². The van der Waals surface area contributed by atoms with Gasteiger partial charge in [-0.2, -0.15) is 0 Å². The molecule has 28 heavy (non-hydrogen) atoms. The summed E-state index contributed by atoms with van der Waals surface area (Å²) >= 11 is 18.4. The van der Waals surface area contributed by atoms with Gasteiger partial charge in [0.1, 0.15) is 10.1 Å². The Morgan fingerprint density at radius 1 is 1.25 bits per heavy atom. The van der Waals surface area contributed by atoms with Gasteiger partial charge >= 0.3 is 0 Å². The van der Waals surface area contributed by atoms with Crippen molar-refractivity contribution in [3.63, 3.8) is 0 Å². The Hall–Kier alpha value is -1.93. The average molecular weight is 455 g/mol. The second-order valence-electron chi connectivity index (χ2n) is 5.81. The second-order valence-corrected chi connectivity index (χ2v) is 8.33. The zero-order chi connectivity index (χ0) is 20.3. The number of thiocarbonyl (C=S) groups is 1. The van der Waals surface area contributed by atoms with Gasteiger partial charge in [-0.3, -0.25) is 14.5 Å². The van der Waals surface area contributed by atoms with Crippen LogP contribution in [0.3, 0.4) is 0 Å². The number of benzene rings is 2. The van der Waals surface area contributed by atoms with E-state index < -0.39 is 5.82 Å². The van der Waals surface area contributed by atoms with Gasteiger partial charge in [-0.1, -0.05) is 59.3 Å². The van der Waals surface area contributed by atoms with Crippen molar-refractivity contribution in [2.45, 2.75) is 6.42 Å². The van der Waals surface area contributed by atoms with Crippen LogP contribution in [0, 0.1) is 5.82 Å². The lowest BCUT2D eigenvalue weighted by atomic mass is 10.2. The van der Waals surface area contributed by atoms with Gasteiger partial charge in [0, 0.05) is 28.7 Å². The van der Waals surface area contributed by atoms with E-state index in [-0.39, 0.29) is 24.8 Å². The van der Waals surface area contributed by atoms with E-state index in [4.69, 9.17) is 35.4 Å². The smallest absolute Gasteiger partial charge is 0.266 e. The summed E-state index contributed by atoms with van der Waals surface area (Å²) in [5.41, 5.74) is 1.00. The van der Waals surface area contributed by atoms with E-state index in [1.54, 1.807) is 30.3 Å². The zero-order valence-corrected chi connectivity index (χ0v) is 17.4. The van der Waals surface area contributed by atoms with Crippen LogP contribution in [0.25, 0.3) is 6.08 Å². The number of nitrogens with zero attached hydrogens (tertiary/aromatic N) is 1. The van der Waals surface area contributed by atoms with E-state index in [1.807, 2.05) is 0 Å². The van der Waals surface area contributed by atoms with Gasteiger partial charge in [-0.25, -0.2) is 4.39 Å². The Morgan fingerprint density at radius 2 is 2.04 bits per heavy atom. The number of carbonyl (C=O) groups excluding carboxylic acids is 2. The maximum absolute atomic E-state index is 13.2. The summed E-state index contributed by atoms with van der Waals surface area (Å²) in [7, 11) is 0. The fraction of sp³-hybridized carbons (Fsp3) is 0.105. The van der Waals surface area contributed by atoms with Crippen LogP contribution < -0.4 is 5.32 Å². The first-order valence-corrected chi connectivity index (χ1v) is 10.1. The van der Waals surface area contributed by atoms with Gasteiger partial charge in [0.15, 0.2) is 0 Å². The molecule has 1 heterocycles. The Bertz CT molecular complexity index is 998. The lowest BCUT2D eigenvalue weighted by molar-refractivity contribution is -0.122. The third-order valence-corrected chi connectivity index (χ3v) is 5.73. The summed E-state index contributed by atoms with van der Waals surface area (Å²) in [5.74, 6) is -1.08. The van der Waals surface area contributed by atoms with Crippen molar-refractivity contribution in [1.82, 2.24) is 4.90 Å². The minimum absolute atomic E-state index is 0.0257.